The van der Waals surface area contributed by atoms with Crippen LogP contribution in [0, 0.1) is 5.92 Å². The number of rotatable bonds is 8. The third-order valence-corrected chi connectivity index (χ3v) is 4.79. The summed E-state index contributed by atoms with van der Waals surface area (Å²) in [4.78, 5) is 36.3. The van der Waals surface area contributed by atoms with E-state index in [0.29, 0.717) is 12.8 Å². The lowest BCUT2D eigenvalue weighted by molar-refractivity contribution is -0.147. The van der Waals surface area contributed by atoms with E-state index in [1.54, 1.807) is 0 Å². The maximum atomic E-state index is 12.2. The van der Waals surface area contributed by atoms with Gasteiger partial charge in [-0.2, -0.15) is 0 Å². The van der Waals surface area contributed by atoms with Gasteiger partial charge in [0.2, 0.25) is 5.91 Å². The van der Waals surface area contributed by atoms with Gasteiger partial charge < -0.3 is 15.5 Å². The topological polar surface area (TPSA) is 107 Å². The lowest BCUT2D eigenvalue weighted by Crippen LogP contribution is -2.47. The molecular formula is C19H26N2O5. The van der Waals surface area contributed by atoms with Gasteiger partial charge in [0, 0.05) is 12.5 Å². The molecule has 0 radical (unpaired) electrons. The van der Waals surface area contributed by atoms with E-state index in [9.17, 15) is 14.4 Å². The standard InChI is InChI=1S/C19H26N2O5/c1-2-13-3-5-14(6-4-13)12-21-9-7-15(8-10-21)18(24)20-16(19(25)26)11-17(22)23/h3-6,15-16H,2,7-12H2,1H3,(H,20,24)(H,22,23)(H,25,26). The second-order valence-electron chi connectivity index (χ2n) is 6.72. The molecule has 7 nitrogen and oxygen atoms in total. The van der Waals surface area contributed by atoms with E-state index in [1.807, 2.05) is 0 Å². The number of hydrogen-bond donors (Lipinski definition) is 3. The van der Waals surface area contributed by atoms with Crippen molar-refractivity contribution in [2.75, 3.05) is 13.1 Å². The number of aliphatic carboxylic acids is 2. The molecule has 0 aromatic heterocycles. The fourth-order valence-electron chi connectivity index (χ4n) is 3.16. The summed E-state index contributed by atoms with van der Waals surface area (Å²) in [5.41, 5.74) is 2.54. The van der Waals surface area contributed by atoms with E-state index in [4.69, 9.17) is 10.2 Å². The van der Waals surface area contributed by atoms with Crippen molar-refractivity contribution in [1.82, 2.24) is 10.2 Å². The van der Waals surface area contributed by atoms with Crippen molar-refractivity contribution < 1.29 is 24.6 Å². The first kappa shape index (κ1) is 19.9. The van der Waals surface area contributed by atoms with Crippen molar-refractivity contribution in [2.24, 2.45) is 5.92 Å². The van der Waals surface area contributed by atoms with Crippen LogP contribution in [0.3, 0.4) is 0 Å². The third kappa shape index (κ3) is 5.84. The summed E-state index contributed by atoms with van der Waals surface area (Å²) in [7, 11) is 0. The minimum atomic E-state index is -1.38. The first-order valence-corrected chi connectivity index (χ1v) is 8.94. The maximum absolute atomic E-state index is 12.2. The molecule has 142 valence electrons. The van der Waals surface area contributed by atoms with E-state index >= 15 is 0 Å². The molecule has 0 aliphatic carbocycles. The molecule has 1 atom stereocenters. The molecule has 0 bridgehead atoms. The first-order chi connectivity index (χ1) is 12.4. The van der Waals surface area contributed by atoms with Crippen LogP contribution in [0.15, 0.2) is 24.3 Å². The van der Waals surface area contributed by atoms with Gasteiger partial charge in [0.25, 0.3) is 0 Å². The van der Waals surface area contributed by atoms with Gasteiger partial charge in [0.1, 0.15) is 6.04 Å². The fourth-order valence-corrected chi connectivity index (χ4v) is 3.16. The molecule has 1 heterocycles. The van der Waals surface area contributed by atoms with Crippen LogP contribution in [0.25, 0.3) is 0 Å². The van der Waals surface area contributed by atoms with Crippen LogP contribution < -0.4 is 5.32 Å². The number of amides is 1. The highest BCUT2D eigenvalue weighted by molar-refractivity contribution is 5.87. The third-order valence-electron chi connectivity index (χ3n) is 4.79. The summed E-state index contributed by atoms with van der Waals surface area (Å²) in [6.45, 7) is 4.46. The molecule has 0 spiro atoms. The smallest absolute Gasteiger partial charge is 0.326 e. The normalized spacial score (nSPS) is 16.8. The predicted octanol–water partition coefficient (Wildman–Crippen LogP) is 1.51. The summed E-state index contributed by atoms with van der Waals surface area (Å²) in [5, 5.41) is 20.1. The van der Waals surface area contributed by atoms with Crippen molar-refractivity contribution in [3.05, 3.63) is 35.4 Å². The first-order valence-electron chi connectivity index (χ1n) is 8.94. The zero-order valence-electron chi connectivity index (χ0n) is 15.0. The summed E-state index contributed by atoms with van der Waals surface area (Å²) in [6.07, 6.45) is 1.67. The quantitative estimate of drug-likeness (QED) is 0.647. The van der Waals surface area contributed by atoms with Crippen LogP contribution in [0.1, 0.15) is 37.3 Å². The highest BCUT2D eigenvalue weighted by atomic mass is 16.4. The van der Waals surface area contributed by atoms with Crippen LogP contribution in [0.2, 0.25) is 0 Å². The highest BCUT2D eigenvalue weighted by Gasteiger charge is 2.29. The van der Waals surface area contributed by atoms with Gasteiger partial charge in [-0.25, -0.2) is 4.79 Å². The van der Waals surface area contributed by atoms with Crippen molar-refractivity contribution in [3.63, 3.8) is 0 Å². The number of nitrogens with zero attached hydrogens (tertiary/aromatic N) is 1. The molecule has 1 aromatic carbocycles. The number of nitrogens with one attached hydrogen (secondary N) is 1. The largest absolute Gasteiger partial charge is 0.481 e. The molecule has 1 unspecified atom stereocenters. The monoisotopic (exact) mass is 362 g/mol. The number of carbonyl (C=O) groups is 3. The van der Waals surface area contributed by atoms with Gasteiger partial charge in [0.05, 0.1) is 6.42 Å². The van der Waals surface area contributed by atoms with Crippen molar-refractivity contribution in [2.45, 2.75) is 45.2 Å². The predicted molar refractivity (Wildman–Crippen MR) is 95.6 cm³/mol. The van der Waals surface area contributed by atoms with E-state index in [-0.39, 0.29) is 11.8 Å². The Bertz CT molecular complexity index is 636. The summed E-state index contributed by atoms with van der Waals surface area (Å²) >= 11 is 0. The van der Waals surface area contributed by atoms with Crippen LogP contribution >= 0.6 is 0 Å². The molecule has 1 aliphatic rings. The lowest BCUT2D eigenvalue weighted by Gasteiger charge is -2.31. The van der Waals surface area contributed by atoms with Crippen molar-refractivity contribution >= 4 is 17.8 Å². The zero-order valence-corrected chi connectivity index (χ0v) is 15.0. The second-order valence-corrected chi connectivity index (χ2v) is 6.72. The number of carboxylic acid groups (broad SMARTS) is 2. The average Bonchev–Trinajstić information content (AvgIpc) is 2.62. The SMILES string of the molecule is CCc1ccc(CN2CCC(C(=O)NC(CC(=O)O)C(=O)O)CC2)cc1. The van der Waals surface area contributed by atoms with Crippen LogP contribution in [-0.2, 0) is 27.3 Å². The van der Waals surface area contributed by atoms with Crippen LogP contribution in [0.5, 0.6) is 0 Å². The molecule has 1 saturated heterocycles. The minimum absolute atomic E-state index is 0.274. The molecule has 2 rings (SSSR count). The summed E-state index contributed by atoms with van der Waals surface area (Å²) < 4.78 is 0. The number of carbonyl (C=O) groups excluding carboxylic acids is 1. The van der Waals surface area contributed by atoms with Crippen molar-refractivity contribution in [3.8, 4) is 0 Å². The number of benzene rings is 1. The summed E-state index contributed by atoms with van der Waals surface area (Å²) in [6, 6.07) is 7.13. The van der Waals surface area contributed by atoms with E-state index in [0.717, 1.165) is 26.1 Å². The van der Waals surface area contributed by atoms with E-state index < -0.39 is 24.4 Å². The van der Waals surface area contributed by atoms with Gasteiger partial charge in [0.15, 0.2) is 0 Å². The highest BCUT2D eigenvalue weighted by Crippen LogP contribution is 2.20. The number of piperidine rings is 1. The van der Waals surface area contributed by atoms with Gasteiger partial charge >= 0.3 is 11.9 Å². The Morgan fingerprint density at radius 2 is 1.69 bits per heavy atom. The minimum Gasteiger partial charge on any atom is -0.481 e. The number of aryl methyl sites for hydroxylation is 1. The zero-order chi connectivity index (χ0) is 19.1. The van der Waals surface area contributed by atoms with Crippen LogP contribution in [0.4, 0.5) is 0 Å². The lowest BCUT2D eigenvalue weighted by atomic mass is 9.95. The number of likely N-dealkylation sites (tertiary alicyclic amines) is 1. The van der Waals surface area contributed by atoms with Crippen molar-refractivity contribution in [1.29, 1.82) is 0 Å². The van der Waals surface area contributed by atoms with Crippen LogP contribution in [-0.4, -0.2) is 52.1 Å². The molecule has 0 saturated carbocycles. The summed E-state index contributed by atoms with van der Waals surface area (Å²) in [5.74, 6) is -3.22. The molecule has 7 heteroatoms. The Labute approximate surface area is 153 Å². The maximum Gasteiger partial charge on any atom is 0.326 e. The Hall–Kier alpha value is -2.41. The second kappa shape index (κ2) is 9.33. The van der Waals surface area contributed by atoms with Gasteiger partial charge in [-0.05, 0) is 43.5 Å². The van der Waals surface area contributed by atoms with Gasteiger partial charge in [-0.15, -0.1) is 0 Å². The molecule has 26 heavy (non-hydrogen) atoms. The molecule has 3 N–H and O–H groups in total. The number of hydrogen-bond acceptors (Lipinski definition) is 4. The molecule has 1 amide bonds. The van der Waals surface area contributed by atoms with E-state index in [1.165, 1.54) is 11.1 Å². The Balaban J connectivity index is 1.81. The Morgan fingerprint density at radius 1 is 1.12 bits per heavy atom. The number of carboxylic acids is 2. The Morgan fingerprint density at radius 3 is 2.19 bits per heavy atom. The molecule has 1 aliphatic heterocycles. The van der Waals surface area contributed by atoms with Gasteiger partial charge in [-0.3, -0.25) is 14.5 Å². The van der Waals surface area contributed by atoms with Gasteiger partial charge in [-0.1, -0.05) is 31.2 Å². The van der Waals surface area contributed by atoms with E-state index in [2.05, 4.69) is 41.4 Å². The fraction of sp³-hybridized carbons (Fsp3) is 0.526. The molecular weight excluding hydrogens is 336 g/mol. The molecule has 1 aromatic rings. The molecule has 1 fully saturated rings. The Kier molecular flexibility index (Phi) is 7.15. The average molecular weight is 362 g/mol.